The Kier molecular flexibility index (Phi) is 3.48. The second-order valence-electron chi connectivity index (χ2n) is 4.86. The lowest BCUT2D eigenvalue weighted by Gasteiger charge is -2.12. The van der Waals surface area contributed by atoms with Crippen molar-refractivity contribution in [3.8, 4) is 5.75 Å². The molecule has 5 heteroatoms. The number of carbonyl (C=O) groups is 1. The summed E-state index contributed by atoms with van der Waals surface area (Å²) in [5.41, 5.74) is 2.01. The van der Waals surface area contributed by atoms with Gasteiger partial charge in [-0.15, -0.1) is 0 Å². The molecular weight excluding hydrogens is 271 g/mol. The third kappa shape index (κ3) is 2.54. The number of amides is 1. The molecule has 0 saturated carbocycles. The van der Waals surface area contributed by atoms with Gasteiger partial charge in [-0.1, -0.05) is 18.2 Å². The number of fused-ring (bicyclic) bond motifs is 1. The van der Waals surface area contributed by atoms with E-state index in [1.807, 2.05) is 24.3 Å². The molecule has 0 aromatic heterocycles. The molecule has 0 radical (unpaired) electrons. The van der Waals surface area contributed by atoms with Crippen molar-refractivity contribution in [1.29, 1.82) is 0 Å². The molecule has 3 rings (SSSR count). The van der Waals surface area contributed by atoms with Crippen LogP contribution in [-0.2, 0) is 4.79 Å². The smallest absolute Gasteiger partial charge is 0.233 e. The minimum Gasteiger partial charge on any atom is -0.497 e. The molecule has 1 heterocycles. The molecule has 0 aliphatic carbocycles. The van der Waals surface area contributed by atoms with Crippen molar-refractivity contribution in [2.75, 3.05) is 24.3 Å². The summed E-state index contributed by atoms with van der Waals surface area (Å²) in [6.07, 6.45) is 0. The van der Waals surface area contributed by atoms with Gasteiger partial charge in [0.25, 0.3) is 0 Å². The zero-order valence-electron chi connectivity index (χ0n) is 11.5. The van der Waals surface area contributed by atoms with Gasteiger partial charge in [0.2, 0.25) is 5.91 Å². The van der Waals surface area contributed by atoms with Gasteiger partial charge in [0.05, 0.1) is 18.7 Å². The summed E-state index contributed by atoms with van der Waals surface area (Å²) < 4.78 is 18.8. The zero-order chi connectivity index (χ0) is 14.8. The molecule has 0 fully saturated rings. The first-order valence-electron chi connectivity index (χ1n) is 6.66. The number of nitrogens with one attached hydrogen (secondary N) is 2. The Bertz CT molecular complexity index is 688. The lowest BCUT2D eigenvalue weighted by molar-refractivity contribution is -0.117. The van der Waals surface area contributed by atoms with Gasteiger partial charge in [-0.3, -0.25) is 4.79 Å². The molecule has 0 bridgehead atoms. The molecule has 2 N–H and O–H groups in total. The highest BCUT2D eigenvalue weighted by atomic mass is 19.1. The fourth-order valence-electron chi connectivity index (χ4n) is 2.46. The lowest BCUT2D eigenvalue weighted by Crippen LogP contribution is -2.23. The highest BCUT2D eigenvalue weighted by Gasteiger charge is 2.28. The second kappa shape index (κ2) is 5.44. The maximum Gasteiger partial charge on any atom is 0.233 e. The van der Waals surface area contributed by atoms with Gasteiger partial charge >= 0.3 is 0 Å². The summed E-state index contributed by atoms with van der Waals surface area (Å²) in [4.78, 5) is 12.4. The molecule has 4 nitrogen and oxygen atoms in total. The number of ether oxygens (including phenoxy) is 1. The van der Waals surface area contributed by atoms with Gasteiger partial charge in [0.15, 0.2) is 0 Å². The second-order valence-corrected chi connectivity index (χ2v) is 4.86. The van der Waals surface area contributed by atoms with E-state index < -0.39 is 5.82 Å². The number of hydrogen-bond donors (Lipinski definition) is 2. The minimum absolute atomic E-state index is 0.128. The van der Waals surface area contributed by atoms with Crippen molar-refractivity contribution in [2.24, 2.45) is 0 Å². The Labute approximate surface area is 121 Å². The van der Waals surface area contributed by atoms with Gasteiger partial charge < -0.3 is 15.4 Å². The van der Waals surface area contributed by atoms with Gasteiger partial charge in [-0.2, -0.15) is 0 Å². The van der Waals surface area contributed by atoms with Gasteiger partial charge in [-0.25, -0.2) is 4.39 Å². The first kappa shape index (κ1) is 13.4. The molecular formula is C16H15FN2O2. The van der Waals surface area contributed by atoms with Crippen LogP contribution in [0.5, 0.6) is 5.75 Å². The highest BCUT2D eigenvalue weighted by molar-refractivity contribution is 5.98. The summed E-state index contributed by atoms with van der Waals surface area (Å²) >= 11 is 0. The van der Waals surface area contributed by atoms with Crippen molar-refractivity contribution >= 4 is 17.3 Å². The summed E-state index contributed by atoms with van der Waals surface area (Å²) in [7, 11) is 1.50. The maximum absolute atomic E-state index is 13.8. The largest absolute Gasteiger partial charge is 0.497 e. The van der Waals surface area contributed by atoms with Crippen LogP contribution in [0.2, 0.25) is 0 Å². The van der Waals surface area contributed by atoms with Crippen LogP contribution in [0, 0.1) is 5.82 Å². The predicted molar refractivity (Wildman–Crippen MR) is 79.3 cm³/mol. The SMILES string of the molecule is COc1ccc(F)c(NC(=O)C2CNc3ccccc32)c1. The molecule has 2 aromatic carbocycles. The van der Waals surface area contributed by atoms with E-state index in [0.29, 0.717) is 12.3 Å². The average Bonchev–Trinajstić information content (AvgIpc) is 2.93. The number of carbonyl (C=O) groups excluding carboxylic acids is 1. The molecule has 1 unspecified atom stereocenters. The number of anilines is 2. The van der Waals surface area contributed by atoms with Crippen molar-refractivity contribution in [3.05, 3.63) is 53.8 Å². The molecule has 0 spiro atoms. The van der Waals surface area contributed by atoms with Crippen molar-refractivity contribution in [1.82, 2.24) is 0 Å². The fourth-order valence-corrected chi connectivity index (χ4v) is 2.46. The molecule has 1 atom stereocenters. The highest BCUT2D eigenvalue weighted by Crippen LogP contribution is 2.32. The molecule has 1 aliphatic heterocycles. The van der Waals surface area contributed by atoms with Crippen LogP contribution in [0.25, 0.3) is 0 Å². The first-order valence-corrected chi connectivity index (χ1v) is 6.66. The van der Waals surface area contributed by atoms with Gasteiger partial charge in [0.1, 0.15) is 11.6 Å². The number of rotatable bonds is 3. The Hall–Kier alpha value is -2.56. The Balaban J connectivity index is 1.82. The quantitative estimate of drug-likeness (QED) is 0.912. The molecule has 0 saturated heterocycles. The Morgan fingerprint density at radius 1 is 1.33 bits per heavy atom. The first-order chi connectivity index (χ1) is 10.2. The van der Waals surface area contributed by atoms with E-state index in [1.54, 1.807) is 0 Å². The van der Waals surface area contributed by atoms with E-state index in [1.165, 1.54) is 25.3 Å². The average molecular weight is 286 g/mol. The third-order valence-corrected chi connectivity index (χ3v) is 3.58. The molecule has 1 amide bonds. The van der Waals surface area contributed by atoms with Crippen LogP contribution < -0.4 is 15.4 Å². The summed E-state index contributed by atoms with van der Waals surface area (Å²) in [5, 5.41) is 5.81. The fraction of sp³-hybridized carbons (Fsp3) is 0.188. The molecule has 1 aliphatic rings. The minimum atomic E-state index is -0.483. The monoisotopic (exact) mass is 286 g/mol. The summed E-state index contributed by atoms with van der Waals surface area (Å²) in [5.74, 6) is -0.550. The zero-order valence-corrected chi connectivity index (χ0v) is 11.5. The molecule has 2 aromatic rings. The summed E-state index contributed by atoms with van der Waals surface area (Å²) in [6.45, 7) is 0.511. The van der Waals surface area contributed by atoms with Crippen LogP contribution in [0.15, 0.2) is 42.5 Å². The van der Waals surface area contributed by atoms with E-state index in [9.17, 15) is 9.18 Å². The van der Waals surface area contributed by atoms with Crippen LogP contribution in [0.4, 0.5) is 15.8 Å². The summed E-state index contributed by atoms with van der Waals surface area (Å²) in [6, 6.07) is 11.9. The number of halogens is 1. The van der Waals surface area contributed by atoms with E-state index in [4.69, 9.17) is 4.74 Å². The molecule has 108 valence electrons. The standard InChI is InChI=1S/C16H15FN2O2/c1-21-10-6-7-13(17)15(8-10)19-16(20)12-9-18-14-5-3-2-4-11(12)14/h2-8,12,18H,9H2,1H3,(H,19,20). The van der Waals surface area contributed by atoms with Crippen molar-refractivity contribution in [2.45, 2.75) is 5.92 Å². The van der Waals surface area contributed by atoms with Gasteiger partial charge in [0, 0.05) is 18.3 Å². The number of methoxy groups -OCH3 is 1. The third-order valence-electron chi connectivity index (χ3n) is 3.58. The normalized spacial score (nSPS) is 16.0. The van der Waals surface area contributed by atoms with Crippen molar-refractivity contribution < 1.29 is 13.9 Å². The van der Waals surface area contributed by atoms with Crippen LogP contribution in [0.1, 0.15) is 11.5 Å². The van der Waals surface area contributed by atoms with Gasteiger partial charge in [-0.05, 0) is 23.8 Å². The van der Waals surface area contributed by atoms with E-state index >= 15 is 0 Å². The maximum atomic E-state index is 13.8. The van der Waals surface area contributed by atoms with Crippen LogP contribution >= 0.6 is 0 Å². The van der Waals surface area contributed by atoms with Crippen LogP contribution in [0.3, 0.4) is 0 Å². The Morgan fingerprint density at radius 2 is 2.14 bits per heavy atom. The van der Waals surface area contributed by atoms with E-state index in [-0.39, 0.29) is 17.5 Å². The lowest BCUT2D eigenvalue weighted by atomic mass is 10.0. The topological polar surface area (TPSA) is 50.4 Å². The number of benzene rings is 2. The molecule has 21 heavy (non-hydrogen) atoms. The van der Waals surface area contributed by atoms with E-state index in [0.717, 1.165) is 11.3 Å². The number of hydrogen-bond acceptors (Lipinski definition) is 3. The number of para-hydroxylation sites is 1. The Morgan fingerprint density at radius 3 is 2.95 bits per heavy atom. The van der Waals surface area contributed by atoms with Crippen molar-refractivity contribution in [3.63, 3.8) is 0 Å². The van der Waals surface area contributed by atoms with E-state index in [2.05, 4.69) is 10.6 Å². The predicted octanol–water partition coefficient (Wildman–Crippen LogP) is 2.98. The van der Waals surface area contributed by atoms with Crippen LogP contribution in [-0.4, -0.2) is 19.6 Å².